The third-order valence-corrected chi connectivity index (χ3v) is 12.7. The molecule has 198 valence electrons. The van der Waals surface area contributed by atoms with Crippen molar-refractivity contribution in [3.63, 3.8) is 0 Å². The number of carboxylic acids is 1. The van der Waals surface area contributed by atoms with Gasteiger partial charge in [-0.25, -0.2) is 0 Å². The number of aliphatic carboxylic acids is 1. The fraction of sp³-hybridized carbons (Fsp3) is 0.781. The van der Waals surface area contributed by atoms with Gasteiger partial charge in [-0.15, -0.1) is 0 Å². The maximum absolute atomic E-state index is 13.1. The molecule has 4 aliphatic carbocycles. The first-order chi connectivity index (χ1) is 16.6. The van der Waals surface area contributed by atoms with Crippen molar-refractivity contribution >= 4 is 11.8 Å². The quantitative estimate of drug-likeness (QED) is 0.397. The molecule has 0 radical (unpaired) electrons. The predicted octanol–water partition coefficient (Wildman–Crippen LogP) is 7.75. The lowest BCUT2D eigenvalue weighted by atomic mass is 9.37. The van der Waals surface area contributed by atoms with Crippen LogP contribution < -0.4 is 0 Å². The first-order valence-electron chi connectivity index (χ1n) is 14.2. The van der Waals surface area contributed by atoms with Crippen LogP contribution in [0.25, 0.3) is 0 Å². The molecule has 4 rings (SSSR count). The van der Waals surface area contributed by atoms with Crippen LogP contribution in [0.15, 0.2) is 23.8 Å². The van der Waals surface area contributed by atoms with E-state index in [9.17, 15) is 20.0 Å². The summed E-state index contributed by atoms with van der Waals surface area (Å²) < 4.78 is 0. The number of ketones is 1. The Labute approximate surface area is 218 Å². The maximum Gasteiger partial charge on any atom is 0.309 e. The highest BCUT2D eigenvalue weighted by atomic mass is 16.4. The van der Waals surface area contributed by atoms with Gasteiger partial charge in [0.15, 0.2) is 5.78 Å². The lowest BCUT2D eigenvalue weighted by Crippen LogP contribution is -2.61. The highest BCUT2D eigenvalue weighted by Crippen LogP contribution is 2.71. The molecule has 0 aromatic rings. The van der Waals surface area contributed by atoms with Crippen LogP contribution in [0.1, 0.15) is 106 Å². The zero-order chi connectivity index (χ0) is 26.9. The number of carboxylic acid groups (broad SMARTS) is 1. The molecular formula is C32H47NO3. The zero-order valence-corrected chi connectivity index (χ0v) is 23.7. The van der Waals surface area contributed by atoms with E-state index in [1.807, 2.05) is 26.8 Å². The van der Waals surface area contributed by atoms with Crippen LogP contribution >= 0.6 is 0 Å². The van der Waals surface area contributed by atoms with E-state index in [0.29, 0.717) is 11.5 Å². The Hall–Kier alpha value is -1.89. The molecule has 36 heavy (non-hydrogen) atoms. The normalized spacial score (nSPS) is 45.7. The van der Waals surface area contributed by atoms with Gasteiger partial charge in [-0.2, -0.15) is 5.26 Å². The Balaban J connectivity index is 1.69. The zero-order valence-electron chi connectivity index (χ0n) is 23.7. The van der Waals surface area contributed by atoms with Crippen molar-refractivity contribution in [1.82, 2.24) is 0 Å². The number of hydrogen-bond acceptors (Lipinski definition) is 3. The highest BCUT2D eigenvalue weighted by Gasteiger charge is 2.65. The van der Waals surface area contributed by atoms with Gasteiger partial charge in [0.2, 0.25) is 0 Å². The first-order valence-corrected chi connectivity index (χ1v) is 14.2. The van der Waals surface area contributed by atoms with E-state index in [-0.39, 0.29) is 39.8 Å². The Bertz CT molecular complexity index is 1050. The summed E-state index contributed by atoms with van der Waals surface area (Å²) in [6, 6.07) is 2.23. The summed E-state index contributed by atoms with van der Waals surface area (Å²) >= 11 is 0. The minimum Gasteiger partial charge on any atom is -0.481 e. The fourth-order valence-electron chi connectivity index (χ4n) is 10.1. The van der Waals surface area contributed by atoms with Crippen molar-refractivity contribution in [1.29, 1.82) is 5.26 Å². The molecule has 3 fully saturated rings. The molecule has 0 aliphatic heterocycles. The molecule has 0 saturated heterocycles. The Morgan fingerprint density at radius 2 is 1.75 bits per heavy atom. The number of nitrogens with zero attached hydrogens (tertiary/aromatic N) is 1. The molecule has 0 unspecified atom stereocenters. The standard InChI is InChI=1S/C32H47NO3/c1-20(2)23-11-15-32(21(23)3,27(35)36)17-16-29(6)13-9-10-25-30(7)18-22(19-33)26(34)28(4,5)24(30)12-14-31(25,29)8/h18,21,23-25H,1,9-17H2,2-8H3,(H,35,36)/t21-,23-,24-,25+,29-,30-,31+,32-/m0/s1. The Morgan fingerprint density at radius 1 is 1.08 bits per heavy atom. The van der Waals surface area contributed by atoms with Crippen LogP contribution in [-0.2, 0) is 9.59 Å². The van der Waals surface area contributed by atoms with Crippen LogP contribution in [0.5, 0.6) is 0 Å². The van der Waals surface area contributed by atoms with Crippen LogP contribution in [0, 0.1) is 62.1 Å². The molecule has 0 aromatic carbocycles. The Morgan fingerprint density at radius 3 is 2.31 bits per heavy atom. The summed E-state index contributed by atoms with van der Waals surface area (Å²) in [6.07, 6.45) is 10.7. The predicted molar refractivity (Wildman–Crippen MR) is 143 cm³/mol. The van der Waals surface area contributed by atoms with Gasteiger partial charge in [0, 0.05) is 5.41 Å². The van der Waals surface area contributed by atoms with Crippen LogP contribution in [0.4, 0.5) is 0 Å². The number of rotatable bonds is 5. The molecule has 0 bridgehead atoms. The summed E-state index contributed by atoms with van der Waals surface area (Å²) in [5.74, 6) is 0.358. The van der Waals surface area contributed by atoms with E-state index in [2.05, 4.69) is 40.3 Å². The van der Waals surface area contributed by atoms with Gasteiger partial charge in [-0.1, -0.05) is 66.2 Å². The van der Waals surface area contributed by atoms with E-state index in [1.165, 1.54) is 0 Å². The second kappa shape index (κ2) is 8.57. The molecule has 0 heterocycles. The van der Waals surface area contributed by atoms with Gasteiger partial charge in [-0.3, -0.25) is 9.59 Å². The fourth-order valence-corrected chi connectivity index (χ4v) is 10.1. The number of nitriles is 1. The number of hydrogen-bond donors (Lipinski definition) is 1. The van der Waals surface area contributed by atoms with Crippen molar-refractivity contribution in [2.75, 3.05) is 0 Å². The third-order valence-electron chi connectivity index (χ3n) is 12.7. The summed E-state index contributed by atoms with van der Waals surface area (Å²) in [5, 5.41) is 20.3. The van der Waals surface area contributed by atoms with Crippen molar-refractivity contribution < 1.29 is 14.7 Å². The van der Waals surface area contributed by atoms with Crippen LogP contribution in [0.2, 0.25) is 0 Å². The average molecular weight is 494 g/mol. The van der Waals surface area contributed by atoms with Crippen molar-refractivity contribution in [3.8, 4) is 6.07 Å². The van der Waals surface area contributed by atoms with E-state index >= 15 is 0 Å². The van der Waals surface area contributed by atoms with E-state index in [4.69, 9.17) is 0 Å². The lowest BCUT2D eigenvalue weighted by molar-refractivity contribution is -0.171. The Kier molecular flexibility index (Phi) is 6.46. The van der Waals surface area contributed by atoms with Gasteiger partial charge < -0.3 is 5.11 Å². The van der Waals surface area contributed by atoms with E-state index in [1.54, 1.807) is 0 Å². The molecule has 3 saturated carbocycles. The highest BCUT2D eigenvalue weighted by molar-refractivity contribution is 6.04. The molecule has 4 heteroatoms. The molecule has 4 nitrogen and oxygen atoms in total. The molecular weight excluding hydrogens is 446 g/mol. The van der Waals surface area contributed by atoms with Gasteiger partial charge in [0.05, 0.1) is 11.0 Å². The monoisotopic (exact) mass is 493 g/mol. The summed E-state index contributed by atoms with van der Waals surface area (Å²) in [7, 11) is 0. The second-order valence-electron chi connectivity index (χ2n) is 14.3. The minimum atomic E-state index is -0.676. The minimum absolute atomic E-state index is 0.000312. The number of carbonyl (C=O) groups excluding carboxylic acids is 1. The van der Waals surface area contributed by atoms with Gasteiger partial charge in [0.25, 0.3) is 0 Å². The number of allylic oxidation sites excluding steroid dienone is 3. The van der Waals surface area contributed by atoms with Gasteiger partial charge in [-0.05, 0) is 98.2 Å². The number of fused-ring (bicyclic) bond motifs is 3. The smallest absolute Gasteiger partial charge is 0.309 e. The summed E-state index contributed by atoms with van der Waals surface area (Å²) in [6.45, 7) is 19.6. The molecule has 0 spiro atoms. The lowest BCUT2D eigenvalue weighted by Gasteiger charge is -2.67. The first kappa shape index (κ1) is 27.2. The second-order valence-corrected chi connectivity index (χ2v) is 14.3. The third kappa shape index (κ3) is 3.51. The molecule has 0 amide bonds. The van der Waals surface area contributed by atoms with E-state index in [0.717, 1.165) is 63.4 Å². The SMILES string of the molecule is C=C(C)[C@@H]1CC[C@@](CC[C@]2(C)CCC[C@@H]3[C@@]4(C)C=C(C#N)C(=O)C(C)(C)[C@@H]4CC[C@]32C)(C(=O)O)[C@H]1C. The molecule has 4 aliphatic rings. The van der Waals surface area contributed by atoms with Crippen LogP contribution in [-0.4, -0.2) is 16.9 Å². The van der Waals surface area contributed by atoms with Crippen molar-refractivity contribution in [2.45, 2.75) is 106 Å². The maximum atomic E-state index is 13.1. The molecule has 8 atom stereocenters. The number of Topliss-reactive ketones (excluding diaryl/α,β-unsaturated/α-hetero) is 1. The van der Waals surface area contributed by atoms with E-state index < -0.39 is 16.8 Å². The molecule has 0 aromatic heterocycles. The average Bonchev–Trinajstić information content (AvgIpc) is 3.14. The van der Waals surface area contributed by atoms with Crippen molar-refractivity contribution in [3.05, 3.63) is 23.8 Å². The molecule has 1 N–H and O–H groups in total. The summed E-state index contributed by atoms with van der Waals surface area (Å²) in [5.41, 5.74) is 0.109. The summed E-state index contributed by atoms with van der Waals surface area (Å²) in [4.78, 5) is 25.9. The van der Waals surface area contributed by atoms with Crippen LogP contribution in [0.3, 0.4) is 0 Å². The van der Waals surface area contributed by atoms with Gasteiger partial charge in [0.1, 0.15) is 6.07 Å². The largest absolute Gasteiger partial charge is 0.481 e. The van der Waals surface area contributed by atoms with Gasteiger partial charge >= 0.3 is 5.97 Å². The van der Waals surface area contributed by atoms with Crippen molar-refractivity contribution in [2.24, 2.45) is 50.7 Å². The number of carbonyl (C=O) groups is 2. The topological polar surface area (TPSA) is 78.2 Å².